The number of imidazole rings is 1. The number of piperidine rings is 1. The Hall–Kier alpha value is -2.37. The Morgan fingerprint density at radius 1 is 1.22 bits per heavy atom. The molecule has 2 aromatic rings. The minimum absolute atomic E-state index is 0.0765. The van der Waals surface area contributed by atoms with Gasteiger partial charge in [-0.3, -0.25) is 9.59 Å². The lowest BCUT2D eigenvalue weighted by Crippen LogP contribution is -2.52. The summed E-state index contributed by atoms with van der Waals surface area (Å²) in [4.78, 5) is 34.5. The fraction of sp³-hybridized carbons (Fsp3) is 0.571. The van der Waals surface area contributed by atoms with E-state index >= 15 is 0 Å². The number of likely N-dealkylation sites (tertiary alicyclic amines) is 2. The van der Waals surface area contributed by atoms with E-state index in [1.165, 1.54) is 0 Å². The summed E-state index contributed by atoms with van der Waals surface area (Å²) in [5.41, 5.74) is 1.53. The third kappa shape index (κ3) is 3.01. The third-order valence-electron chi connectivity index (χ3n) is 6.24. The zero-order valence-corrected chi connectivity index (χ0v) is 16.4. The molecule has 1 atom stereocenters. The van der Waals surface area contributed by atoms with Gasteiger partial charge in [0.2, 0.25) is 11.8 Å². The van der Waals surface area contributed by atoms with Crippen molar-refractivity contribution in [2.24, 2.45) is 5.41 Å². The number of carbonyl (C=O) groups is 2. The van der Waals surface area contributed by atoms with Gasteiger partial charge in [-0.1, -0.05) is 12.1 Å². The fourth-order valence-electron chi connectivity index (χ4n) is 4.69. The SMILES string of the molecule is Cc1nc2ccccc2n1CC(=O)N1CC[C@@]2(CCCN(C(C)C)C2=O)C1. The van der Waals surface area contributed by atoms with Crippen molar-refractivity contribution in [2.75, 3.05) is 19.6 Å². The number of amides is 2. The maximum atomic E-state index is 13.1. The van der Waals surface area contributed by atoms with Gasteiger partial charge in [0.25, 0.3) is 0 Å². The smallest absolute Gasteiger partial charge is 0.242 e. The molecule has 0 unspecified atom stereocenters. The van der Waals surface area contributed by atoms with Gasteiger partial charge < -0.3 is 14.4 Å². The normalized spacial score (nSPS) is 23.2. The molecule has 6 heteroatoms. The molecule has 1 aromatic carbocycles. The molecule has 0 bridgehead atoms. The Kier molecular flexibility index (Phi) is 4.44. The molecule has 0 saturated carbocycles. The van der Waals surface area contributed by atoms with Crippen LogP contribution >= 0.6 is 0 Å². The van der Waals surface area contributed by atoms with E-state index in [0.29, 0.717) is 13.1 Å². The van der Waals surface area contributed by atoms with Crippen LogP contribution in [-0.4, -0.2) is 56.8 Å². The van der Waals surface area contributed by atoms with Crippen molar-refractivity contribution in [1.82, 2.24) is 19.4 Å². The van der Waals surface area contributed by atoms with Crippen molar-refractivity contribution in [3.05, 3.63) is 30.1 Å². The number of para-hydroxylation sites is 2. The van der Waals surface area contributed by atoms with E-state index in [-0.39, 0.29) is 29.8 Å². The molecule has 0 radical (unpaired) electrons. The summed E-state index contributed by atoms with van der Waals surface area (Å²) in [5, 5.41) is 0. The van der Waals surface area contributed by atoms with Crippen LogP contribution < -0.4 is 0 Å². The Labute approximate surface area is 160 Å². The van der Waals surface area contributed by atoms with Crippen LogP contribution in [0.25, 0.3) is 11.0 Å². The topological polar surface area (TPSA) is 58.4 Å². The average Bonchev–Trinajstić information content (AvgIpc) is 3.20. The largest absolute Gasteiger partial charge is 0.340 e. The van der Waals surface area contributed by atoms with Gasteiger partial charge in [-0.2, -0.15) is 0 Å². The van der Waals surface area contributed by atoms with E-state index in [9.17, 15) is 9.59 Å². The number of rotatable bonds is 3. The van der Waals surface area contributed by atoms with Crippen LogP contribution in [0, 0.1) is 12.3 Å². The van der Waals surface area contributed by atoms with Crippen molar-refractivity contribution < 1.29 is 9.59 Å². The number of benzene rings is 1. The Morgan fingerprint density at radius 3 is 2.78 bits per heavy atom. The summed E-state index contributed by atoms with van der Waals surface area (Å²) >= 11 is 0. The van der Waals surface area contributed by atoms with Gasteiger partial charge in [-0.15, -0.1) is 0 Å². The van der Waals surface area contributed by atoms with Crippen molar-refractivity contribution in [3.8, 4) is 0 Å². The number of aryl methyl sites for hydroxylation is 1. The van der Waals surface area contributed by atoms with Crippen LogP contribution in [-0.2, 0) is 16.1 Å². The second-order valence-corrected chi connectivity index (χ2v) is 8.28. The first-order valence-corrected chi connectivity index (χ1v) is 9.92. The molecule has 0 aliphatic carbocycles. The van der Waals surface area contributed by atoms with E-state index in [4.69, 9.17) is 0 Å². The summed E-state index contributed by atoms with van der Waals surface area (Å²) in [6.45, 7) is 8.42. The molecule has 6 nitrogen and oxygen atoms in total. The summed E-state index contributed by atoms with van der Waals surface area (Å²) in [6.07, 6.45) is 2.70. The second-order valence-electron chi connectivity index (χ2n) is 8.28. The van der Waals surface area contributed by atoms with Crippen LogP contribution in [0.4, 0.5) is 0 Å². The van der Waals surface area contributed by atoms with E-state index in [1.807, 2.05) is 45.6 Å². The molecule has 2 amide bonds. The molecule has 2 fully saturated rings. The maximum Gasteiger partial charge on any atom is 0.242 e. The lowest BCUT2D eigenvalue weighted by molar-refractivity contribution is -0.148. The molecule has 27 heavy (non-hydrogen) atoms. The number of hydrogen-bond donors (Lipinski definition) is 0. The van der Waals surface area contributed by atoms with Crippen molar-refractivity contribution >= 4 is 22.8 Å². The summed E-state index contributed by atoms with van der Waals surface area (Å²) < 4.78 is 1.98. The molecule has 2 aliphatic heterocycles. The van der Waals surface area contributed by atoms with Gasteiger partial charge >= 0.3 is 0 Å². The highest BCUT2D eigenvalue weighted by molar-refractivity contribution is 5.87. The molecular formula is C21H28N4O2. The lowest BCUT2D eigenvalue weighted by Gasteiger charge is -2.41. The number of aromatic nitrogens is 2. The number of nitrogens with zero attached hydrogens (tertiary/aromatic N) is 4. The minimum Gasteiger partial charge on any atom is -0.340 e. The molecule has 0 N–H and O–H groups in total. The van der Waals surface area contributed by atoms with Gasteiger partial charge in [0, 0.05) is 25.7 Å². The van der Waals surface area contributed by atoms with Crippen molar-refractivity contribution in [1.29, 1.82) is 0 Å². The van der Waals surface area contributed by atoms with Crippen LogP contribution in [0.5, 0.6) is 0 Å². The van der Waals surface area contributed by atoms with E-state index < -0.39 is 0 Å². The van der Waals surface area contributed by atoms with Crippen molar-refractivity contribution in [2.45, 2.75) is 52.6 Å². The van der Waals surface area contributed by atoms with E-state index in [1.54, 1.807) is 0 Å². The molecule has 2 saturated heterocycles. The first kappa shape index (κ1) is 18.0. The molecule has 2 aliphatic rings. The highest BCUT2D eigenvalue weighted by Crippen LogP contribution is 2.40. The fourth-order valence-corrected chi connectivity index (χ4v) is 4.69. The monoisotopic (exact) mass is 368 g/mol. The van der Waals surface area contributed by atoms with E-state index in [2.05, 4.69) is 18.8 Å². The third-order valence-corrected chi connectivity index (χ3v) is 6.24. The molecule has 1 aromatic heterocycles. The zero-order chi connectivity index (χ0) is 19.2. The van der Waals surface area contributed by atoms with Crippen molar-refractivity contribution in [3.63, 3.8) is 0 Å². The zero-order valence-electron chi connectivity index (χ0n) is 16.4. The number of carbonyl (C=O) groups excluding carboxylic acids is 2. The minimum atomic E-state index is -0.371. The predicted octanol–water partition coefficient (Wildman–Crippen LogP) is 2.59. The van der Waals surface area contributed by atoms with Gasteiger partial charge in [0.05, 0.1) is 16.4 Å². The van der Waals surface area contributed by atoms with Crippen LogP contribution in [0.15, 0.2) is 24.3 Å². The Balaban J connectivity index is 1.51. The number of fused-ring (bicyclic) bond motifs is 1. The standard InChI is InChI=1S/C21H28N4O2/c1-15(2)24-11-6-9-21(20(24)27)10-12-23(14-21)19(26)13-25-16(3)22-17-7-4-5-8-18(17)25/h4-5,7-8,15H,6,9-14H2,1-3H3/t21-/m0/s1. The van der Waals surface area contributed by atoms with Crippen LogP contribution in [0.3, 0.4) is 0 Å². The molecular weight excluding hydrogens is 340 g/mol. The van der Waals surface area contributed by atoms with E-state index in [0.717, 1.165) is 42.7 Å². The molecule has 144 valence electrons. The maximum absolute atomic E-state index is 13.1. The highest BCUT2D eigenvalue weighted by Gasteiger charge is 2.49. The van der Waals surface area contributed by atoms with Gasteiger partial charge in [-0.05, 0) is 52.2 Å². The van der Waals surface area contributed by atoms with Gasteiger partial charge in [0.15, 0.2) is 0 Å². The first-order valence-electron chi connectivity index (χ1n) is 9.92. The highest BCUT2D eigenvalue weighted by atomic mass is 16.2. The van der Waals surface area contributed by atoms with Crippen LogP contribution in [0.2, 0.25) is 0 Å². The summed E-state index contributed by atoms with van der Waals surface area (Å²) in [6, 6.07) is 8.12. The van der Waals surface area contributed by atoms with Gasteiger partial charge in [0.1, 0.15) is 12.4 Å². The molecule has 3 heterocycles. The molecule has 4 rings (SSSR count). The summed E-state index contributed by atoms with van der Waals surface area (Å²) in [7, 11) is 0. The Bertz CT molecular complexity index is 887. The lowest BCUT2D eigenvalue weighted by atomic mass is 9.78. The summed E-state index contributed by atoms with van der Waals surface area (Å²) in [5.74, 6) is 1.16. The number of hydrogen-bond acceptors (Lipinski definition) is 3. The predicted molar refractivity (Wildman–Crippen MR) is 104 cm³/mol. The molecule has 1 spiro atoms. The first-order chi connectivity index (χ1) is 12.9. The quantitative estimate of drug-likeness (QED) is 0.837. The Morgan fingerprint density at radius 2 is 2.00 bits per heavy atom. The average molecular weight is 368 g/mol. The second kappa shape index (κ2) is 6.66. The van der Waals surface area contributed by atoms with Gasteiger partial charge in [-0.25, -0.2) is 4.98 Å². The van der Waals surface area contributed by atoms with Crippen LogP contribution in [0.1, 0.15) is 38.9 Å².